The van der Waals surface area contributed by atoms with E-state index in [-0.39, 0.29) is 0 Å². The van der Waals surface area contributed by atoms with E-state index >= 15 is 0 Å². The van der Waals surface area contributed by atoms with Crippen LogP contribution < -0.4 is 0 Å². The molecule has 0 bridgehead atoms. The van der Waals surface area contributed by atoms with Crippen LogP contribution in [0.5, 0.6) is 0 Å². The Balaban J connectivity index is 1.66. The average Bonchev–Trinajstić information content (AvgIpc) is 2.87. The summed E-state index contributed by atoms with van der Waals surface area (Å²) in [5.74, 6) is 1.21. The van der Waals surface area contributed by atoms with E-state index in [1.165, 1.54) is 18.7 Å². The normalized spacial score (nSPS) is 23.8. The molecule has 0 atom stereocenters. The lowest BCUT2D eigenvalue weighted by Gasteiger charge is -2.41. The molecule has 1 saturated heterocycles. The number of ether oxygens (including phenoxy) is 1. The average molecular weight is 314 g/mol. The van der Waals surface area contributed by atoms with Gasteiger partial charge in [0.05, 0.1) is 6.54 Å². The van der Waals surface area contributed by atoms with Crippen LogP contribution in [0.1, 0.15) is 18.7 Å². The van der Waals surface area contributed by atoms with E-state index in [1.807, 2.05) is 6.20 Å². The fourth-order valence-electron chi connectivity index (χ4n) is 2.97. The summed E-state index contributed by atoms with van der Waals surface area (Å²) in [5, 5.41) is 1.08. The van der Waals surface area contributed by atoms with Crippen molar-refractivity contribution in [1.29, 1.82) is 0 Å². The standard InChI is InChI=1S/C13H20BrN3O/c14-10-13(1-7-18-8-2-13)11-16-5-6-17-4-3-15-12(17)9-16/h3-4H,1-2,5-11H2. The highest BCUT2D eigenvalue weighted by Crippen LogP contribution is 2.34. The molecule has 3 heterocycles. The third-order valence-electron chi connectivity index (χ3n) is 4.22. The molecule has 2 aliphatic heterocycles. The predicted molar refractivity (Wildman–Crippen MR) is 73.8 cm³/mol. The Hall–Kier alpha value is -0.390. The maximum atomic E-state index is 5.50. The van der Waals surface area contributed by atoms with E-state index in [2.05, 4.69) is 36.6 Å². The minimum absolute atomic E-state index is 0.396. The second-order valence-corrected chi connectivity index (χ2v) is 6.05. The van der Waals surface area contributed by atoms with Crippen molar-refractivity contribution in [2.45, 2.75) is 25.9 Å². The largest absolute Gasteiger partial charge is 0.381 e. The minimum Gasteiger partial charge on any atom is -0.381 e. The minimum atomic E-state index is 0.396. The highest BCUT2D eigenvalue weighted by atomic mass is 79.9. The molecule has 0 saturated carbocycles. The number of halogens is 1. The molecule has 18 heavy (non-hydrogen) atoms. The summed E-state index contributed by atoms with van der Waals surface area (Å²) in [6, 6.07) is 0. The summed E-state index contributed by atoms with van der Waals surface area (Å²) in [5.41, 5.74) is 0.396. The first-order valence-corrected chi connectivity index (χ1v) is 7.80. The van der Waals surface area contributed by atoms with Crippen LogP contribution in [0.2, 0.25) is 0 Å². The Kier molecular flexibility index (Phi) is 3.73. The van der Waals surface area contributed by atoms with Crippen molar-refractivity contribution < 1.29 is 4.74 Å². The Morgan fingerprint density at radius 1 is 1.33 bits per heavy atom. The first-order chi connectivity index (χ1) is 8.81. The second kappa shape index (κ2) is 5.31. The molecule has 1 fully saturated rings. The van der Waals surface area contributed by atoms with Crippen molar-refractivity contribution in [3.05, 3.63) is 18.2 Å². The first kappa shape index (κ1) is 12.6. The molecule has 5 heteroatoms. The lowest BCUT2D eigenvalue weighted by atomic mass is 9.81. The number of fused-ring (bicyclic) bond motifs is 1. The number of aromatic nitrogens is 2. The fraction of sp³-hybridized carbons (Fsp3) is 0.769. The Labute approximate surface area is 116 Å². The summed E-state index contributed by atoms with van der Waals surface area (Å²) >= 11 is 3.72. The maximum Gasteiger partial charge on any atom is 0.122 e. The molecule has 3 rings (SSSR count). The molecular formula is C13H20BrN3O. The number of imidazole rings is 1. The Morgan fingerprint density at radius 3 is 2.94 bits per heavy atom. The number of hydrogen-bond acceptors (Lipinski definition) is 3. The van der Waals surface area contributed by atoms with Gasteiger partial charge < -0.3 is 9.30 Å². The van der Waals surface area contributed by atoms with Gasteiger partial charge in [0.1, 0.15) is 5.82 Å². The molecule has 0 N–H and O–H groups in total. The smallest absolute Gasteiger partial charge is 0.122 e. The predicted octanol–water partition coefficient (Wildman–Crippen LogP) is 1.89. The van der Waals surface area contributed by atoms with Gasteiger partial charge in [-0.3, -0.25) is 4.90 Å². The third-order valence-corrected chi connectivity index (χ3v) is 5.41. The van der Waals surface area contributed by atoms with Crippen LogP contribution in [0.15, 0.2) is 12.4 Å². The van der Waals surface area contributed by atoms with Crippen LogP contribution >= 0.6 is 15.9 Å². The van der Waals surface area contributed by atoms with Crippen LogP contribution in [0, 0.1) is 5.41 Å². The van der Waals surface area contributed by atoms with Gasteiger partial charge in [-0.25, -0.2) is 4.98 Å². The monoisotopic (exact) mass is 313 g/mol. The van der Waals surface area contributed by atoms with Crippen LogP contribution in [0.25, 0.3) is 0 Å². The molecule has 0 amide bonds. The van der Waals surface area contributed by atoms with Crippen molar-refractivity contribution >= 4 is 15.9 Å². The molecular weight excluding hydrogens is 294 g/mol. The van der Waals surface area contributed by atoms with Gasteiger partial charge in [0.15, 0.2) is 0 Å². The molecule has 100 valence electrons. The number of nitrogens with zero attached hydrogens (tertiary/aromatic N) is 3. The molecule has 0 unspecified atom stereocenters. The van der Waals surface area contributed by atoms with E-state index in [9.17, 15) is 0 Å². The Morgan fingerprint density at radius 2 is 2.17 bits per heavy atom. The lowest BCUT2D eigenvalue weighted by molar-refractivity contribution is 0.00360. The van der Waals surface area contributed by atoms with Gasteiger partial charge in [-0.2, -0.15) is 0 Å². The zero-order valence-corrected chi connectivity index (χ0v) is 12.2. The summed E-state index contributed by atoms with van der Waals surface area (Å²) < 4.78 is 7.77. The summed E-state index contributed by atoms with van der Waals surface area (Å²) in [7, 11) is 0. The van der Waals surface area contributed by atoms with E-state index in [1.54, 1.807) is 0 Å². The van der Waals surface area contributed by atoms with Gasteiger partial charge in [0.25, 0.3) is 0 Å². The zero-order valence-electron chi connectivity index (χ0n) is 10.6. The van der Waals surface area contributed by atoms with Crippen LogP contribution in [-0.2, 0) is 17.8 Å². The van der Waals surface area contributed by atoms with Gasteiger partial charge in [-0.1, -0.05) is 15.9 Å². The van der Waals surface area contributed by atoms with Crippen molar-refractivity contribution in [1.82, 2.24) is 14.5 Å². The molecule has 0 aliphatic carbocycles. The topological polar surface area (TPSA) is 30.3 Å². The highest BCUT2D eigenvalue weighted by molar-refractivity contribution is 9.09. The highest BCUT2D eigenvalue weighted by Gasteiger charge is 2.34. The van der Waals surface area contributed by atoms with Crippen LogP contribution in [0.3, 0.4) is 0 Å². The van der Waals surface area contributed by atoms with Gasteiger partial charge >= 0.3 is 0 Å². The van der Waals surface area contributed by atoms with Crippen molar-refractivity contribution in [3.63, 3.8) is 0 Å². The van der Waals surface area contributed by atoms with Crippen LogP contribution in [0.4, 0.5) is 0 Å². The molecule has 4 nitrogen and oxygen atoms in total. The maximum absolute atomic E-state index is 5.50. The van der Waals surface area contributed by atoms with Gasteiger partial charge in [-0.05, 0) is 18.3 Å². The lowest BCUT2D eigenvalue weighted by Crippen LogP contribution is -2.45. The van der Waals surface area contributed by atoms with Crippen molar-refractivity contribution in [2.24, 2.45) is 5.41 Å². The molecule has 1 aromatic rings. The summed E-state index contributed by atoms with van der Waals surface area (Å²) in [4.78, 5) is 6.98. The molecule has 0 aromatic carbocycles. The van der Waals surface area contributed by atoms with Gasteiger partial charge in [0, 0.05) is 50.6 Å². The van der Waals surface area contributed by atoms with Gasteiger partial charge in [-0.15, -0.1) is 0 Å². The number of hydrogen-bond donors (Lipinski definition) is 0. The van der Waals surface area contributed by atoms with Crippen molar-refractivity contribution in [3.8, 4) is 0 Å². The molecule has 2 aliphatic rings. The van der Waals surface area contributed by atoms with E-state index in [4.69, 9.17) is 4.74 Å². The third kappa shape index (κ3) is 2.49. The van der Waals surface area contributed by atoms with E-state index in [0.717, 1.165) is 44.7 Å². The second-order valence-electron chi connectivity index (χ2n) is 5.49. The zero-order chi connectivity index (χ0) is 12.4. The van der Waals surface area contributed by atoms with Crippen LogP contribution in [-0.4, -0.2) is 46.1 Å². The SMILES string of the molecule is BrCC1(CN2CCn3ccnc3C2)CCOCC1. The van der Waals surface area contributed by atoms with Crippen molar-refractivity contribution in [2.75, 3.05) is 31.6 Å². The number of rotatable bonds is 3. The summed E-state index contributed by atoms with van der Waals surface area (Å²) in [6.07, 6.45) is 6.33. The van der Waals surface area contributed by atoms with E-state index < -0.39 is 0 Å². The fourth-order valence-corrected chi connectivity index (χ4v) is 3.71. The van der Waals surface area contributed by atoms with Gasteiger partial charge in [0.2, 0.25) is 0 Å². The first-order valence-electron chi connectivity index (χ1n) is 6.67. The quantitative estimate of drug-likeness (QED) is 0.798. The number of alkyl halides is 1. The Bertz CT molecular complexity index is 401. The molecule has 1 aromatic heterocycles. The molecule has 0 spiro atoms. The molecule has 0 radical (unpaired) electrons. The summed E-state index contributed by atoms with van der Waals surface area (Å²) in [6.45, 7) is 6.18. The van der Waals surface area contributed by atoms with E-state index in [0.29, 0.717) is 5.41 Å².